The van der Waals surface area contributed by atoms with Crippen molar-refractivity contribution in [1.82, 2.24) is 0 Å². The fourth-order valence-electron chi connectivity index (χ4n) is 0.739. The third-order valence-electron chi connectivity index (χ3n) is 1.28. The van der Waals surface area contributed by atoms with E-state index in [4.69, 9.17) is 0 Å². The van der Waals surface area contributed by atoms with Crippen molar-refractivity contribution in [3.05, 3.63) is 0 Å². The largest absolute Gasteiger partial charge is 0.193 e. The van der Waals surface area contributed by atoms with Crippen LogP contribution in [0, 0.1) is 0 Å². The molecule has 0 N–H and O–H groups in total. The molecule has 0 rings (SSSR count). The van der Waals surface area contributed by atoms with E-state index >= 15 is 0 Å². The Balaban J connectivity index is 3.06. The van der Waals surface area contributed by atoms with Crippen LogP contribution < -0.4 is 0 Å². The van der Waals surface area contributed by atoms with Gasteiger partial charge in [-0.05, 0) is 24.3 Å². The smallest absolute Gasteiger partial charge is 0.0123 e. The van der Waals surface area contributed by atoms with Crippen LogP contribution in [0.1, 0.15) is 33.1 Å². The Morgan fingerprint density at radius 2 is 1.78 bits per heavy atom. The first-order valence-electron chi connectivity index (χ1n) is 3.78. The van der Waals surface area contributed by atoms with Crippen LogP contribution in [0.25, 0.3) is 0 Å². The second-order valence-electron chi connectivity index (χ2n) is 2.37. The number of hydrogen-bond acceptors (Lipinski definition) is 0. The Morgan fingerprint density at radius 3 is 2.22 bits per heavy atom. The van der Waals surface area contributed by atoms with E-state index in [1.54, 1.807) is 0 Å². The van der Waals surface area contributed by atoms with Crippen LogP contribution in [-0.2, 0) is 0 Å². The Bertz CT molecular complexity index is 76.6. The van der Waals surface area contributed by atoms with Gasteiger partial charge in [0.15, 0.2) is 0 Å². The van der Waals surface area contributed by atoms with Gasteiger partial charge in [0.25, 0.3) is 0 Å². The summed E-state index contributed by atoms with van der Waals surface area (Å²) in [4.78, 5) is 0. The van der Waals surface area contributed by atoms with Gasteiger partial charge in [-0.15, -0.1) is 0 Å². The lowest BCUT2D eigenvalue weighted by Crippen LogP contribution is -1.84. The molecule has 0 saturated carbocycles. The van der Waals surface area contributed by atoms with E-state index in [0.717, 1.165) is 0 Å². The lowest BCUT2D eigenvalue weighted by Gasteiger charge is -2.02. The first-order valence-corrected chi connectivity index (χ1v) is 5.51. The van der Waals surface area contributed by atoms with Crippen molar-refractivity contribution in [2.45, 2.75) is 33.1 Å². The maximum absolute atomic E-state index is 4.09. The van der Waals surface area contributed by atoms with E-state index in [-0.39, 0.29) is 0 Å². The molecule has 56 valence electrons. The van der Waals surface area contributed by atoms with E-state index < -0.39 is 0 Å². The minimum atomic E-state index is 0.480. The number of rotatable bonds is 5. The van der Waals surface area contributed by atoms with E-state index in [1.807, 2.05) is 0 Å². The second-order valence-corrected chi connectivity index (χ2v) is 4.42. The predicted molar refractivity (Wildman–Crippen MR) is 49.6 cm³/mol. The quantitative estimate of drug-likeness (QED) is 0.523. The van der Waals surface area contributed by atoms with Crippen molar-refractivity contribution in [3.63, 3.8) is 0 Å². The zero-order valence-electron chi connectivity index (χ0n) is 6.65. The SMILES string of the molecule is C=S(CCC)CCCC. The van der Waals surface area contributed by atoms with E-state index in [2.05, 4.69) is 19.7 Å². The molecular formula is C8H18S. The molecule has 0 aromatic rings. The van der Waals surface area contributed by atoms with Gasteiger partial charge in [-0.25, -0.2) is 0 Å². The summed E-state index contributed by atoms with van der Waals surface area (Å²) in [6, 6.07) is 0. The van der Waals surface area contributed by atoms with Gasteiger partial charge in [0.2, 0.25) is 0 Å². The molecule has 0 saturated heterocycles. The lowest BCUT2D eigenvalue weighted by atomic mass is 10.4. The van der Waals surface area contributed by atoms with Gasteiger partial charge in [-0.3, -0.25) is 0 Å². The van der Waals surface area contributed by atoms with Crippen LogP contribution in [-0.4, -0.2) is 17.4 Å². The van der Waals surface area contributed by atoms with Gasteiger partial charge >= 0.3 is 0 Å². The van der Waals surface area contributed by atoms with Crippen molar-refractivity contribution in [2.24, 2.45) is 0 Å². The number of hydrogen-bond donors (Lipinski definition) is 0. The van der Waals surface area contributed by atoms with Crippen LogP contribution in [0.4, 0.5) is 0 Å². The van der Waals surface area contributed by atoms with Crippen LogP contribution in [0.15, 0.2) is 0 Å². The van der Waals surface area contributed by atoms with E-state index in [0.29, 0.717) is 10.5 Å². The molecule has 0 aliphatic carbocycles. The molecule has 0 aliphatic heterocycles. The summed E-state index contributed by atoms with van der Waals surface area (Å²) in [6.07, 6.45) is 3.99. The van der Waals surface area contributed by atoms with Crippen molar-refractivity contribution in [1.29, 1.82) is 0 Å². The lowest BCUT2D eigenvalue weighted by molar-refractivity contribution is 0.894. The zero-order chi connectivity index (χ0) is 7.11. The van der Waals surface area contributed by atoms with Gasteiger partial charge in [0.1, 0.15) is 0 Å². The maximum atomic E-state index is 4.09. The molecule has 0 radical (unpaired) electrons. The van der Waals surface area contributed by atoms with Gasteiger partial charge in [-0.1, -0.05) is 26.1 Å². The fraction of sp³-hybridized carbons (Fsp3) is 0.875. The molecule has 9 heavy (non-hydrogen) atoms. The standard InChI is InChI=1S/C8H18S/c1-4-6-8-9(3)7-5-2/h3-8H2,1-2H3. The normalized spacial score (nSPS) is 13.6. The summed E-state index contributed by atoms with van der Waals surface area (Å²) in [5.41, 5.74) is 0. The van der Waals surface area contributed by atoms with Crippen LogP contribution >= 0.6 is 10.5 Å². The van der Waals surface area contributed by atoms with Crippen molar-refractivity contribution < 1.29 is 0 Å². The molecule has 1 heteroatoms. The highest BCUT2D eigenvalue weighted by molar-refractivity contribution is 8.14. The molecule has 0 aliphatic rings. The van der Waals surface area contributed by atoms with Crippen molar-refractivity contribution in [3.8, 4) is 0 Å². The van der Waals surface area contributed by atoms with Crippen LogP contribution in [0.2, 0.25) is 0 Å². The van der Waals surface area contributed by atoms with Gasteiger partial charge < -0.3 is 0 Å². The highest BCUT2D eigenvalue weighted by Crippen LogP contribution is 2.12. The first-order chi connectivity index (χ1) is 4.31. The van der Waals surface area contributed by atoms with Gasteiger partial charge in [0.05, 0.1) is 0 Å². The van der Waals surface area contributed by atoms with Gasteiger partial charge in [0, 0.05) is 0 Å². The summed E-state index contributed by atoms with van der Waals surface area (Å²) in [5.74, 6) is 6.78. The Kier molecular flexibility index (Phi) is 6.50. The molecular weight excluding hydrogens is 128 g/mol. The summed E-state index contributed by atoms with van der Waals surface area (Å²) in [7, 11) is 0.480. The van der Waals surface area contributed by atoms with E-state index in [1.165, 1.54) is 30.8 Å². The second kappa shape index (κ2) is 6.34. The molecule has 0 nitrogen and oxygen atoms in total. The van der Waals surface area contributed by atoms with E-state index in [9.17, 15) is 0 Å². The molecule has 0 amide bonds. The molecule has 0 aromatic carbocycles. The molecule has 0 bridgehead atoms. The molecule has 1 unspecified atom stereocenters. The third-order valence-corrected chi connectivity index (χ3v) is 3.13. The topological polar surface area (TPSA) is 0 Å². The average molecular weight is 146 g/mol. The minimum Gasteiger partial charge on any atom is -0.193 e. The summed E-state index contributed by atoms with van der Waals surface area (Å²) in [5, 5.41) is 0. The molecule has 0 heterocycles. The van der Waals surface area contributed by atoms with Crippen molar-refractivity contribution >= 4 is 16.4 Å². The van der Waals surface area contributed by atoms with Crippen molar-refractivity contribution in [2.75, 3.05) is 11.5 Å². The zero-order valence-corrected chi connectivity index (χ0v) is 7.47. The highest BCUT2D eigenvalue weighted by atomic mass is 32.2. The summed E-state index contributed by atoms with van der Waals surface area (Å²) < 4.78 is 0. The summed E-state index contributed by atoms with van der Waals surface area (Å²) >= 11 is 0. The number of unbranched alkanes of at least 4 members (excludes halogenated alkanes) is 1. The highest BCUT2D eigenvalue weighted by Gasteiger charge is 1.87. The predicted octanol–water partition coefficient (Wildman–Crippen LogP) is 2.90. The summed E-state index contributed by atoms with van der Waals surface area (Å²) in [6.45, 7) is 4.47. The molecule has 1 atom stereocenters. The maximum Gasteiger partial charge on any atom is -0.0123 e. The Morgan fingerprint density at radius 1 is 1.11 bits per heavy atom. The monoisotopic (exact) mass is 146 g/mol. The molecule has 0 fully saturated rings. The van der Waals surface area contributed by atoms with Crippen LogP contribution in [0.5, 0.6) is 0 Å². The minimum absolute atomic E-state index is 0.480. The Labute approximate surface area is 61.6 Å². The molecule has 0 aromatic heterocycles. The fourth-order valence-corrected chi connectivity index (χ4v) is 2.22. The van der Waals surface area contributed by atoms with Crippen LogP contribution in [0.3, 0.4) is 0 Å². The average Bonchev–Trinajstić information content (AvgIpc) is 1.85. The third kappa shape index (κ3) is 6.10. The first kappa shape index (κ1) is 9.22. The van der Waals surface area contributed by atoms with Gasteiger partial charge in [-0.2, -0.15) is 10.5 Å². The molecule has 0 spiro atoms. The Hall–Kier alpha value is 0.220.